The summed E-state index contributed by atoms with van der Waals surface area (Å²) in [7, 11) is 0. The number of ketones is 1. The van der Waals surface area contributed by atoms with Gasteiger partial charge in [-0.3, -0.25) is 4.79 Å². The van der Waals surface area contributed by atoms with E-state index in [1.165, 1.54) is 12.1 Å². The van der Waals surface area contributed by atoms with Gasteiger partial charge < -0.3 is 15.5 Å². The van der Waals surface area contributed by atoms with Crippen molar-refractivity contribution in [2.24, 2.45) is 17.8 Å². The highest BCUT2D eigenvalue weighted by atomic mass is 35.5. The number of likely N-dealkylation sites (tertiary alicyclic amines) is 1. The molecular weight excluding hydrogens is 417 g/mol. The zero-order chi connectivity index (χ0) is 21.8. The van der Waals surface area contributed by atoms with Crippen LogP contribution in [0.25, 0.3) is 0 Å². The lowest BCUT2D eigenvalue weighted by molar-refractivity contribution is 0.0835. The highest BCUT2D eigenvalue weighted by molar-refractivity contribution is 6.30. The first-order chi connectivity index (χ1) is 15.0. The van der Waals surface area contributed by atoms with Gasteiger partial charge in [-0.25, -0.2) is 9.18 Å². The average molecular weight is 444 g/mol. The largest absolute Gasteiger partial charge is 0.338 e. The summed E-state index contributed by atoms with van der Waals surface area (Å²) in [5.41, 5.74) is 1.32. The second-order valence-electron chi connectivity index (χ2n) is 8.54. The molecule has 0 bridgehead atoms. The number of nitrogens with zero attached hydrogens (tertiary/aromatic N) is 1. The molecule has 5 nitrogen and oxygen atoms in total. The summed E-state index contributed by atoms with van der Waals surface area (Å²) in [5, 5.41) is 6.39. The highest BCUT2D eigenvalue weighted by Crippen LogP contribution is 2.39. The number of amides is 2. The van der Waals surface area contributed by atoms with Crippen LogP contribution in [0, 0.1) is 23.6 Å². The number of anilines is 1. The molecule has 2 aromatic carbocycles. The smallest absolute Gasteiger partial charge is 0.319 e. The first-order valence-corrected chi connectivity index (χ1v) is 11.2. The van der Waals surface area contributed by atoms with E-state index >= 15 is 0 Å². The first-order valence-electron chi connectivity index (χ1n) is 10.8. The Bertz CT molecular complexity index is 911. The number of urea groups is 1. The van der Waals surface area contributed by atoms with Gasteiger partial charge in [-0.05, 0) is 92.7 Å². The van der Waals surface area contributed by atoms with Gasteiger partial charge in [0.1, 0.15) is 5.82 Å². The number of Topliss-reactive ketones (excluding diaryl/α,β-unsaturated/α-hetero) is 1. The maximum atomic E-state index is 13.1. The van der Waals surface area contributed by atoms with Crippen molar-refractivity contribution in [3.8, 4) is 0 Å². The summed E-state index contributed by atoms with van der Waals surface area (Å²) in [6.45, 7) is 3.50. The van der Waals surface area contributed by atoms with Crippen LogP contribution in [0.4, 0.5) is 14.9 Å². The van der Waals surface area contributed by atoms with Crippen LogP contribution in [0.5, 0.6) is 0 Å². The van der Waals surface area contributed by atoms with Gasteiger partial charge >= 0.3 is 6.03 Å². The number of rotatable bonds is 7. The monoisotopic (exact) mass is 443 g/mol. The van der Waals surface area contributed by atoms with Crippen molar-refractivity contribution in [1.82, 2.24) is 10.2 Å². The molecule has 2 unspecified atom stereocenters. The third kappa shape index (κ3) is 6.05. The van der Waals surface area contributed by atoms with Gasteiger partial charge in [0.2, 0.25) is 0 Å². The van der Waals surface area contributed by atoms with Crippen molar-refractivity contribution in [1.29, 1.82) is 0 Å². The minimum atomic E-state index is -0.317. The van der Waals surface area contributed by atoms with Crippen LogP contribution in [0.1, 0.15) is 29.6 Å². The van der Waals surface area contributed by atoms with Crippen molar-refractivity contribution in [3.63, 3.8) is 0 Å². The number of benzene rings is 2. The molecule has 2 aliphatic rings. The lowest BCUT2D eigenvalue weighted by Gasteiger charge is -2.31. The molecule has 2 atom stereocenters. The molecule has 2 fully saturated rings. The standard InChI is InChI=1S/C24H27ClFN3O2/c25-20-3-7-22(8-4-20)28-24(31)27-14-18-13-19(18)15-29-11-9-17(10-12-29)23(30)16-1-5-21(26)6-2-16/h1-8,17-19H,9-15H2,(H2,27,28,31). The Morgan fingerprint density at radius 1 is 1.00 bits per heavy atom. The average Bonchev–Trinajstić information content (AvgIpc) is 3.52. The van der Waals surface area contributed by atoms with Crippen molar-refractivity contribution < 1.29 is 14.0 Å². The van der Waals surface area contributed by atoms with E-state index in [2.05, 4.69) is 15.5 Å². The normalized spacial score (nSPS) is 21.5. The van der Waals surface area contributed by atoms with E-state index in [1.54, 1.807) is 36.4 Å². The molecule has 0 radical (unpaired) electrons. The summed E-state index contributed by atoms with van der Waals surface area (Å²) < 4.78 is 13.1. The molecule has 0 spiro atoms. The number of hydrogen-bond acceptors (Lipinski definition) is 3. The van der Waals surface area contributed by atoms with Crippen molar-refractivity contribution in [2.45, 2.75) is 19.3 Å². The van der Waals surface area contributed by atoms with E-state index in [1.807, 2.05) is 0 Å². The quantitative estimate of drug-likeness (QED) is 0.602. The molecule has 2 aromatic rings. The minimum absolute atomic E-state index is 0.0231. The third-order valence-electron chi connectivity index (χ3n) is 6.28. The van der Waals surface area contributed by atoms with Crippen LogP contribution in [-0.2, 0) is 0 Å². The first kappa shape index (κ1) is 21.8. The Labute approximate surface area is 187 Å². The Morgan fingerprint density at radius 3 is 2.35 bits per heavy atom. The zero-order valence-corrected chi connectivity index (χ0v) is 18.1. The van der Waals surface area contributed by atoms with Gasteiger partial charge in [-0.2, -0.15) is 0 Å². The van der Waals surface area contributed by atoms with Crippen molar-refractivity contribution in [2.75, 3.05) is 31.5 Å². The molecule has 1 aliphatic heterocycles. The Hall–Kier alpha value is -2.44. The van der Waals surface area contributed by atoms with Crippen LogP contribution in [0.15, 0.2) is 48.5 Å². The summed E-state index contributed by atoms with van der Waals surface area (Å²) in [6, 6.07) is 12.7. The number of halogens is 2. The van der Waals surface area contributed by atoms with E-state index in [-0.39, 0.29) is 23.5 Å². The fourth-order valence-corrected chi connectivity index (χ4v) is 4.40. The maximum absolute atomic E-state index is 13.1. The topological polar surface area (TPSA) is 61.4 Å². The lowest BCUT2D eigenvalue weighted by atomic mass is 9.89. The van der Waals surface area contributed by atoms with E-state index in [9.17, 15) is 14.0 Å². The Balaban J connectivity index is 1.13. The van der Waals surface area contributed by atoms with Crippen LogP contribution < -0.4 is 10.6 Å². The summed E-state index contributed by atoms with van der Waals surface area (Å²) >= 11 is 5.85. The van der Waals surface area contributed by atoms with Crippen molar-refractivity contribution in [3.05, 3.63) is 64.9 Å². The molecular formula is C24H27ClFN3O2. The van der Waals surface area contributed by atoms with Gasteiger partial charge in [0, 0.05) is 35.3 Å². The number of carbonyl (C=O) groups excluding carboxylic acids is 2. The maximum Gasteiger partial charge on any atom is 0.319 e. The SMILES string of the molecule is O=C(NCC1CC1CN1CCC(C(=O)c2ccc(F)cc2)CC1)Nc1ccc(Cl)cc1. The number of carbonyl (C=O) groups is 2. The van der Waals surface area contributed by atoms with Crippen LogP contribution in [0.3, 0.4) is 0 Å². The molecule has 2 N–H and O–H groups in total. The molecule has 7 heteroatoms. The summed E-state index contributed by atoms with van der Waals surface area (Å²) in [6.07, 6.45) is 2.81. The van der Waals surface area contributed by atoms with Gasteiger partial charge in [0.25, 0.3) is 0 Å². The number of nitrogens with one attached hydrogen (secondary N) is 2. The molecule has 31 heavy (non-hydrogen) atoms. The van der Waals surface area contributed by atoms with Gasteiger partial charge in [0.05, 0.1) is 0 Å². The van der Waals surface area contributed by atoms with E-state index in [0.717, 1.165) is 38.9 Å². The third-order valence-corrected chi connectivity index (χ3v) is 6.53. The van der Waals surface area contributed by atoms with Crippen LogP contribution >= 0.6 is 11.6 Å². The predicted octanol–water partition coefficient (Wildman–Crippen LogP) is 4.83. The van der Waals surface area contributed by atoms with Crippen molar-refractivity contribution >= 4 is 29.1 Å². The summed E-state index contributed by atoms with van der Waals surface area (Å²) in [4.78, 5) is 27.1. The van der Waals surface area contributed by atoms with E-state index in [0.29, 0.717) is 34.7 Å². The van der Waals surface area contributed by atoms with Gasteiger partial charge in [-0.15, -0.1) is 0 Å². The second kappa shape index (κ2) is 9.79. The number of hydrogen-bond donors (Lipinski definition) is 2. The lowest BCUT2D eigenvalue weighted by Crippen LogP contribution is -2.38. The van der Waals surface area contributed by atoms with Gasteiger partial charge in [-0.1, -0.05) is 11.6 Å². The minimum Gasteiger partial charge on any atom is -0.338 e. The fourth-order valence-electron chi connectivity index (χ4n) is 4.28. The zero-order valence-electron chi connectivity index (χ0n) is 17.3. The molecule has 164 valence electrons. The summed E-state index contributed by atoms with van der Waals surface area (Å²) in [5.74, 6) is 0.937. The van der Waals surface area contributed by atoms with Gasteiger partial charge in [0.15, 0.2) is 5.78 Å². The predicted molar refractivity (Wildman–Crippen MR) is 120 cm³/mol. The highest BCUT2D eigenvalue weighted by Gasteiger charge is 2.39. The second-order valence-corrected chi connectivity index (χ2v) is 8.98. The molecule has 0 aromatic heterocycles. The van der Waals surface area contributed by atoms with Crippen LogP contribution in [-0.4, -0.2) is 42.9 Å². The van der Waals surface area contributed by atoms with E-state index in [4.69, 9.17) is 11.6 Å². The molecule has 1 saturated carbocycles. The molecule has 4 rings (SSSR count). The molecule has 1 heterocycles. The molecule has 2 amide bonds. The van der Waals surface area contributed by atoms with Crippen LogP contribution in [0.2, 0.25) is 5.02 Å². The Morgan fingerprint density at radius 2 is 1.68 bits per heavy atom. The molecule has 1 aliphatic carbocycles. The molecule has 1 saturated heterocycles. The number of piperidine rings is 1. The fraction of sp³-hybridized carbons (Fsp3) is 0.417. The Kier molecular flexibility index (Phi) is 6.88. The van der Waals surface area contributed by atoms with E-state index < -0.39 is 0 Å².